The summed E-state index contributed by atoms with van der Waals surface area (Å²) in [5.41, 5.74) is 1.33. The van der Waals surface area contributed by atoms with Gasteiger partial charge in [0.25, 0.3) is 0 Å². The van der Waals surface area contributed by atoms with Gasteiger partial charge in [-0.1, -0.05) is 19.1 Å². The minimum absolute atomic E-state index is 0.348. The second-order valence-electron chi connectivity index (χ2n) is 5.72. The maximum Gasteiger partial charge on any atom is 0.119 e. The highest BCUT2D eigenvalue weighted by molar-refractivity contribution is 5.28. The van der Waals surface area contributed by atoms with Crippen molar-refractivity contribution in [1.82, 2.24) is 4.90 Å². The van der Waals surface area contributed by atoms with Gasteiger partial charge < -0.3 is 9.47 Å². The summed E-state index contributed by atoms with van der Waals surface area (Å²) in [5.74, 6) is 0.994. The van der Waals surface area contributed by atoms with Gasteiger partial charge in [-0.05, 0) is 44.4 Å². The molecule has 0 aromatic heterocycles. The highest BCUT2D eigenvalue weighted by Gasteiger charge is 2.21. The van der Waals surface area contributed by atoms with Crippen LogP contribution in [-0.2, 0) is 11.2 Å². The first-order chi connectivity index (χ1) is 9.67. The molecular formula is C17H27NO2. The Labute approximate surface area is 122 Å². The summed E-state index contributed by atoms with van der Waals surface area (Å²) in [6, 6.07) is 8.39. The van der Waals surface area contributed by atoms with Crippen molar-refractivity contribution in [2.75, 3.05) is 26.2 Å². The lowest BCUT2D eigenvalue weighted by Crippen LogP contribution is -2.45. The predicted molar refractivity (Wildman–Crippen MR) is 82.4 cm³/mol. The maximum absolute atomic E-state index is 5.84. The van der Waals surface area contributed by atoms with E-state index in [1.54, 1.807) is 0 Å². The summed E-state index contributed by atoms with van der Waals surface area (Å²) in [5, 5.41) is 0. The topological polar surface area (TPSA) is 21.7 Å². The molecule has 3 nitrogen and oxygen atoms in total. The number of rotatable bonds is 6. The normalized spacial score (nSPS) is 23.8. The first-order valence-electron chi connectivity index (χ1n) is 7.77. The summed E-state index contributed by atoms with van der Waals surface area (Å²) >= 11 is 0. The van der Waals surface area contributed by atoms with Crippen molar-refractivity contribution < 1.29 is 9.47 Å². The minimum atomic E-state index is 0.348. The van der Waals surface area contributed by atoms with Gasteiger partial charge in [0.1, 0.15) is 5.75 Å². The van der Waals surface area contributed by atoms with Crippen LogP contribution in [0.1, 0.15) is 32.8 Å². The molecule has 0 amide bonds. The van der Waals surface area contributed by atoms with E-state index in [1.165, 1.54) is 5.56 Å². The third-order valence-electron chi connectivity index (χ3n) is 3.69. The van der Waals surface area contributed by atoms with Crippen LogP contribution in [0.2, 0.25) is 0 Å². The summed E-state index contributed by atoms with van der Waals surface area (Å²) < 4.78 is 11.6. The third kappa shape index (κ3) is 4.80. The number of ether oxygens (including phenoxy) is 2. The van der Waals surface area contributed by atoms with Crippen LogP contribution in [0.3, 0.4) is 0 Å². The Hall–Kier alpha value is -1.06. The van der Waals surface area contributed by atoms with Crippen molar-refractivity contribution in [3.05, 3.63) is 29.8 Å². The Morgan fingerprint density at radius 1 is 1.25 bits per heavy atom. The molecule has 0 bridgehead atoms. The molecule has 112 valence electrons. The van der Waals surface area contributed by atoms with Crippen LogP contribution in [0.15, 0.2) is 24.3 Å². The summed E-state index contributed by atoms with van der Waals surface area (Å²) in [4.78, 5) is 2.48. The molecule has 1 aliphatic rings. The number of hydrogen-bond donors (Lipinski definition) is 0. The molecule has 1 aromatic carbocycles. The van der Waals surface area contributed by atoms with E-state index in [4.69, 9.17) is 9.47 Å². The zero-order valence-corrected chi connectivity index (χ0v) is 13.0. The summed E-state index contributed by atoms with van der Waals surface area (Å²) in [6.45, 7) is 10.4. The van der Waals surface area contributed by atoms with E-state index in [0.717, 1.165) is 44.8 Å². The highest BCUT2D eigenvalue weighted by atomic mass is 16.5. The molecule has 1 aliphatic heterocycles. The van der Waals surface area contributed by atoms with E-state index in [-0.39, 0.29) is 0 Å². The fourth-order valence-electron chi connectivity index (χ4n) is 2.80. The van der Waals surface area contributed by atoms with Gasteiger partial charge in [0.05, 0.1) is 18.8 Å². The van der Waals surface area contributed by atoms with Crippen LogP contribution < -0.4 is 4.74 Å². The van der Waals surface area contributed by atoms with Crippen molar-refractivity contribution in [2.45, 2.75) is 45.8 Å². The molecule has 0 N–H and O–H groups in total. The second kappa shape index (κ2) is 7.65. The number of hydrogen-bond acceptors (Lipinski definition) is 3. The molecule has 1 heterocycles. The van der Waals surface area contributed by atoms with Gasteiger partial charge in [-0.3, -0.25) is 4.90 Å². The van der Waals surface area contributed by atoms with Crippen LogP contribution in [0.5, 0.6) is 5.75 Å². The van der Waals surface area contributed by atoms with Gasteiger partial charge in [0.15, 0.2) is 0 Å². The number of benzene rings is 1. The van der Waals surface area contributed by atoms with E-state index in [1.807, 2.05) is 6.07 Å². The Bertz CT molecular complexity index is 398. The maximum atomic E-state index is 5.84. The fraction of sp³-hybridized carbons (Fsp3) is 0.647. The van der Waals surface area contributed by atoms with Gasteiger partial charge in [0, 0.05) is 19.6 Å². The Balaban J connectivity index is 1.68. The third-order valence-corrected chi connectivity index (χ3v) is 3.69. The molecule has 1 aromatic rings. The quantitative estimate of drug-likeness (QED) is 0.746. The lowest BCUT2D eigenvalue weighted by atomic mass is 10.2. The van der Waals surface area contributed by atoms with Crippen molar-refractivity contribution in [3.8, 4) is 5.75 Å². The predicted octanol–water partition coefficient (Wildman–Crippen LogP) is 3.13. The monoisotopic (exact) mass is 277 g/mol. The number of aryl methyl sites for hydroxylation is 1. The standard InChI is InChI=1S/C17H27NO2/c1-4-16-7-5-8-17(11-16)19-10-6-9-18-12-14(2)20-15(3)13-18/h5,7-8,11,14-15H,4,6,9-10,12-13H2,1-3H3/t14-,15-/m1/s1. The largest absolute Gasteiger partial charge is 0.494 e. The molecule has 1 fully saturated rings. The number of morpholine rings is 1. The van der Waals surface area contributed by atoms with E-state index in [2.05, 4.69) is 43.9 Å². The van der Waals surface area contributed by atoms with Gasteiger partial charge in [-0.25, -0.2) is 0 Å². The Morgan fingerprint density at radius 2 is 2.00 bits per heavy atom. The molecule has 0 aliphatic carbocycles. The van der Waals surface area contributed by atoms with E-state index >= 15 is 0 Å². The average molecular weight is 277 g/mol. The lowest BCUT2D eigenvalue weighted by molar-refractivity contribution is -0.0686. The average Bonchev–Trinajstić information content (AvgIpc) is 2.43. The molecule has 2 atom stereocenters. The smallest absolute Gasteiger partial charge is 0.119 e. The van der Waals surface area contributed by atoms with Gasteiger partial charge in [0.2, 0.25) is 0 Å². The van der Waals surface area contributed by atoms with Crippen LogP contribution in [-0.4, -0.2) is 43.3 Å². The first kappa shape index (κ1) is 15.3. The van der Waals surface area contributed by atoms with Crippen molar-refractivity contribution in [2.24, 2.45) is 0 Å². The van der Waals surface area contributed by atoms with Gasteiger partial charge >= 0.3 is 0 Å². The highest BCUT2D eigenvalue weighted by Crippen LogP contribution is 2.14. The molecule has 20 heavy (non-hydrogen) atoms. The van der Waals surface area contributed by atoms with Crippen molar-refractivity contribution >= 4 is 0 Å². The molecular weight excluding hydrogens is 250 g/mol. The van der Waals surface area contributed by atoms with E-state index in [0.29, 0.717) is 12.2 Å². The Kier molecular flexibility index (Phi) is 5.86. The minimum Gasteiger partial charge on any atom is -0.494 e. The molecule has 0 spiro atoms. The molecule has 0 unspecified atom stereocenters. The first-order valence-corrected chi connectivity index (χ1v) is 7.77. The van der Waals surface area contributed by atoms with E-state index < -0.39 is 0 Å². The number of nitrogens with zero attached hydrogens (tertiary/aromatic N) is 1. The fourth-order valence-corrected chi connectivity index (χ4v) is 2.80. The molecule has 3 heteroatoms. The van der Waals surface area contributed by atoms with Gasteiger partial charge in [-0.2, -0.15) is 0 Å². The molecule has 0 radical (unpaired) electrons. The van der Waals surface area contributed by atoms with E-state index in [9.17, 15) is 0 Å². The van der Waals surface area contributed by atoms with Crippen molar-refractivity contribution in [1.29, 1.82) is 0 Å². The van der Waals surface area contributed by atoms with Gasteiger partial charge in [-0.15, -0.1) is 0 Å². The summed E-state index contributed by atoms with van der Waals surface area (Å²) in [7, 11) is 0. The molecule has 1 saturated heterocycles. The zero-order valence-electron chi connectivity index (χ0n) is 13.0. The zero-order chi connectivity index (χ0) is 14.4. The SMILES string of the molecule is CCc1cccc(OCCCN2C[C@@H](C)O[C@H](C)C2)c1. The molecule has 2 rings (SSSR count). The van der Waals surface area contributed by atoms with Crippen LogP contribution in [0.25, 0.3) is 0 Å². The van der Waals surface area contributed by atoms with Crippen LogP contribution in [0.4, 0.5) is 0 Å². The van der Waals surface area contributed by atoms with Crippen LogP contribution in [0, 0.1) is 0 Å². The summed E-state index contributed by atoms with van der Waals surface area (Å²) in [6.07, 6.45) is 2.82. The molecule has 0 saturated carbocycles. The van der Waals surface area contributed by atoms with Crippen LogP contribution >= 0.6 is 0 Å². The second-order valence-corrected chi connectivity index (χ2v) is 5.72. The van der Waals surface area contributed by atoms with Crippen molar-refractivity contribution in [3.63, 3.8) is 0 Å². The lowest BCUT2D eigenvalue weighted by Gasteiger charge is -2.35. The Morgan fingerprint density at radius 3 is 2.70 bits per heavy atom.